The molecule has 9 heteroatoms. The van der Waals surface area contributed by atoms with E-state index in [0.717, 1.165) is 6.07 Å². The van der Waals surface area contributed by atoms with Gasteiger partial charge in [0.2, 0.25) is 0 Å². The third-order valence-corrected chi connectivity index (χ3v) is 4.52. The Bertz CT molecular complexity index is 788. The van der Waals surface area contributed by atoms with E-state index in [1.54, 1.807) is 4.57 Å². The van der Waals surface area contributed by atoms with Crippen molar-refractivity contribution in [2.45, 2.75) is 51.8 Å². The summed E-state index contributed by atoms with van der Waals surface area (Å²) in [6, 6.07) is 0.915. The molecule has 0 fully saturated rings. The summed E-state index contributed by atoms with van der Waals surface area (Å²) in [7, 11) is 0. The Labute approximate surface area is 140 Å². The normalized spacial score (nSPS) is 16.7. The summed E-state index contributed by atoms with van der Waals surface area (Å²) >= 11 is 0. The van der Waals surface area contributed by atoms with Crippen LogP contribution in [0.3, 0.4) is 0 Å². The Hall–Kier alpha value is -1.77. The van der Waals surface area contributed by atoms with E-state index in [4.69, 9.17) is 0 Å². The van der Waals surface area contributed by atoms with E-state index in [9.17, 15) is 26.3 Å². The van der Waals surface area contributed by atoms with E-state index < -0.39 is 24.3 Å². The fourth-order valence-corrected chi connectivity index (χ4v) is 3.26. The van der Waals surface area contributed by atoms with Gasteiger partial charge in [-0.2, -0.15) is 26.3 Å². The Kier molecular flexibility index (Phi) is 4.25. The van der Waals surface area contributed by atoms with Gasteiger partial charge < -0.3 is 4.57 Å². The van der Waals surface area contributed by atoms with Crippen LogP contribution < -0.4 is 0 Å². The molecule has 0 aliphatic carbocycles. The van der Waals surface area contributed by atoms with Gasteiger partial charge in [-0.3, -0.25) is 4.90 Å². The van der Waals surface area contributed by atoms with Crippen molar-refractivity contribution < 1.29 is 26.3 Å². The lowest BCUT2D eigenvalue weighted by Gasteiger charge is -2.32. The van der Waals surface area contributed by atoms with Crippen molar-refractivity contribution >= 4 is 11.0 Å². The van der Waals surface area contributed by atoms with Crippen LogP contribution in [0.2, 0.25) is 0 Å². The van der Waals surface area contributed by atoms with Crippen LogP contribution in [-0.2, 0) is 25.7 Å². The molecule has 0 spiro atoms. The van der Waals surface area contributed by atoms with E-state index in [1.165, 1.54) is 0 Å². The molecule has 0 aromatic carbocycles. The summed E-state index contributed by atoms with van der Waals surface area (Å²) in [5.74, 6) is 0. The average Bonchev–Trinajstić information content (AvgIpc) is 2.78. The number of nitrogens with zero attached hydrogens (tertiary/aromatic N) is 3. The second-order valence-electron chi connectivity index (χ2n) is 6.53. The molecule has 25 heavy (non-hydrogen) atoms. The first-order chi connectivity index (χ1) is 11.5. The Morgan fingerprint density at radius 3 is 2.36 bits per heavy atom. The van der Waals surface area contributed by atoms with Crippen molar-refractivity contribution in [2.75, 3.05) is 6.54 Å². The molecule has 0 radical (unpaired) electrons. The highest BCUT2D eigenvalue weighted by atomic mass is 19.4. The third-order valence-electron chi connectivity index (χ3n) is 4.52. The summed E-state index contributed by atoms with van der Waals surface area (Å²) in [5, 5.41) is -0.0623. The predicted octanol–water partition coefficient (Wildman–Crippen LogP) is 4.38. The summed E-state index contributed by atoms with van der Waals surface area (Å²) < 4.78 is 79.6. The molecular weight excluding hydrogens is 348 g/mol. The number of fused-ring (bicyclic) bond motifs is 3. The second kappa shape index (κ2) is 5.89. The molecule has 3 nitrogen and oxygen atoms in total. The van der Waals surface area contributed by atoms with E-state index >= 15 is 0 Å². The molecule has 0 saturated heterocycles. The number of hydrogen-bond acceptors (Lipinski definition) is 2. The fraction of sp³-hybridized carbons (Fsp3) is 0.562. The maximum absolute atomic E-state index is 13.0. The fourth-order valence-electron chi connectivity index (χ4n) is 3.26. The zero-order valence-corrected chi connectivity index (χ0v) is 13.7. The van der Waals surface area contributed by atoms with Crippen LogP contribution in [0.5, 0.6) is 0 Å². The molecule has 0 N–H and O–H groups in total. The Morgan fingerprint density at radius 1 is 1.12 bits per heavy atom. The largest absolute Gasteiger partial charge is 0.417 e. The lowest BCUT2D eigenvalue weighted by molar-refractivity contribution is -0.137. The van der Waals surface area contributed by atoms with Crippen molar-refractivity contribution in [2.24, 2.45) is 0 Å². The van der Waals surface area contributed by atoms with E-state index in [-0.39, 0.29) is 29.2 Å². The maximum atomic E-state index is 13.0. The minimum atomic E-state index is -4.65. The minimum absolute atomic E-state index is 0.0623. The van der Waals surface area contributed by atoms with Crippen LogP contribution in [0.1, 0.15) is 30.7 Å². The van der Waals surface area contributed by atoms with Crippen molar-refractivity contribution in [3.63, 3.8) is 0 Å². The van der Waals surface area contributed by atoms with E-state index in [0.29, 0.717) is 25.0 Å². The molecule has 2 aromatic heterocycles. The van der Waals surface area contributed by atoms with Crippen LogP contribution in [0.4, 0.5) is 26.3 Å². The molecule has 2 aromatic rings. The molecule has 3 heterocycles. The second-order valence-corrected chi connectivity index (χ2v) is 6.53. The molecule has 3 rings (SSSR count). The summed E-state index contributed by atoms with van der Waals surface area (Å²) in [5.41, 5.74) is -0.553. The molecule has 0 saturated carbocycles. The van der Waals surface area contributed by atoms with E-state index in [2.05, 4.69) is 4.98 Å². The molecule has 1 aliphatic heterocycles. The van der Waals surface area contributed by atoms with Crippen molar-refractivity contribution in [3.05, 3.63) is 29.1 Å². The summed E-state index contributed by atoms with van der Waals surface area (Å²) in [4.78, 5) is 5.84. The smallest absolute Gasteiger partial charge is 0.327 e. The minimum Gasteiger partial charge on any atom is -0.327 e. The monoisotopic (exact) mass is 365 g/mol. The van der Waals surface area contributed by atoms with Crippen LogP contribution in [0, 0.1) is 0 Å². The van der Waals surface area contributed by atoms with E-state index in [1.807, 2.05) is 18.7 Å². The van der Waals surface area contributed by atoms with Gasteiger partial charge in [0, 0.05) is 43.0 Å². The quantitative estimate of drug-likeness (QED) is 0.737. The molecule has 1 aliphatic rings. The standard InChI is InChI=1S/C16H17F6N3/c1-9(2)24-3-4-25-13(8-24)12(6-15(17,18)19)11-5-10(16(20,21)22)7-23-14(11)25/h5,7,9H,3-4,6,8H2,1-2H3. The highest BCUT2D eigenvalue weighted by Gasteiger charge is 2.36. The number of aromatic nitrogens is 2. The lowest BCUT2D eigenvalue weighted by atomic mass is 10.1. The average molecular weight is 365 g/mol. The zero-order valence-electron chi connectivity index (χ0n) is 13.7. The first kappa shape index (κ1) is 18.0. The predicted molar refractivity (Wildman–Crippen MR) is 80.0 cm³/mol. The molecule has 138 valence electrons. The zero-order chi connectivity index (χ0) is 18.6. The highest BCUT2D eigenvalue weighted by molar-refractivity contribution is 5.83. The molecule has 0 bridgehead atoms. The summed E-state index contributed by atoms with van der Waals surface area (Å²) in [6.07, 6.45) is -9.74. The van der Waals surface area contributed by atoms with Crippen LogP contribution in [0.25, 0.3) is 11.0 Å². The molecule has 0 unspecified atom stereocenters. The van der Waals surface area contributed by atoms with Gasteiger partial charge in [0.15, 0.2) is 0 Å². The number of alkyl halides is 6. The van der Waals surface area contributed by atoms with Crippen molar-refractivity contribution in [3.8, 4) is 0 Å². The maximum Gasteiger partial charge on any atom is 0.417 e. The van der Waals surface area contributed by atoms with Gasteiger partial charge in [-0.25, -0.2) is 4.98 Å². The first-order valence-corrected chi connectivity index (χ1v) is 7.85. The number of pyridine rings is 1. The van der Waals surface area contributed by atoms with Gasteiger partial charge in [0.05, 0.1) is 12.0 Å². The van der Waals surface area contributed by atoms with Gasteiger partial charge in [0.25, 0.3) is 0 Å². The van der Waals surface area contributed by atoms with Gasteiger partial charge in [-0.05, 0) is 25.5 Å². The highest BCUT2D eigenvalue weighted by Crippen LogP contribution is 2.37. The van der Waals surface area contributed by atoms with Gasteiger partial charge in [-0.15, -0.1) is 0 Å². The molecular formula is C16H17F6N3. The third kappa shape index (κ3) is 3.47. The lowest BCUT2D eigenvalue weighted by Crippen LogP contribution is -2.38. The number of halogens is 6. The van der Waals surface area contributed by atoms with Crippen molar-refractivity contribution in [1.82, 2.24) is 14.5 Å². The van der Waals surface area contributed by atoms with Gasteiger partial charge >= 0.3 is 12.4 Å². The summed E-state index contributed by atoms with van der Waals surface area (Å²) in [6.45, 7) is 5.15. The van der Waals surface area contributed by atoms with Crippen LogP contribution in [0.15, 0.2) is 12.3 Å². The first-order valence-electron chi connectivity index (χ1n) is 7.85. The molecule has 0 amide bonds. The Morgan fingerprint density at radius 2 is 1.80 bits per heavy atom. The topological polar surface area (TPSA) is 21.1 Å². The van der Waals surface area contributed by atoms with Crippen molar-refractivity contribution in [1.29, 1.82) is 0 Å². The van der Waals surface area contributed by atoms with Crippen LogP contribution >= 0.6 is 0 Å². The number of rotatable bonds is 2. The Balaban J connectivity index is 2.20. The van der Waals surface area contributed by atoms with Gasteiger partial charge in [-0.1, -0.05) is 0 Å². The number of hydrogen-bond donors (Lipinski definition) is 0. The molecule has 0 atom stereocenters. The van der Waals surface area contributed by atoms with Crippen LogP contribution in [-0.4, -0.2) is 33.2 Å². The SMILES string of the molecule is CC(C)N1CCn2c(c(CC(F)(F)F)c3cc(C(F)(F)F)cnc32)C1. The van der Waals surface area contributed by atoms with Gasteiger partial charge in [0.1, 0.15) is 5.65 Å².